The van der Waals surface area contributed by atoms with Gasteiger partial charge in [-0.2, -0.15) is 0 Å². The van der Waals surface area contributed by atoms with E-state index < -0.39 is 41.9 Å². The van der Waals surface area contributed by atoms with Crippen LogP contribution in [0, 0.1) is 0 Å². The molecule has 2 bridgehead atoms. The molecule has 0 radical (unpaired) electrons. The highest BCUT2D eigenvalue weighted by atomic mass is 16.5. The molecule has 2 aromatic rings. The second kappa shape index (κ2) is 15.2. The van der Waals surface area contributed by atoms with Gasteiger partial charge >= 0.3 is 0 Å². The molecule has 0 aliphatic carbocycles. The fourth-order valence-corrected chi connectivity index (χ4v) is 6.25. The Morgan fingerprint density at radius 3 is 2.37 bits per heavy atom. The Balaban J connectivity index is 1.39. The summed E-state index contributed by atoms with van der Waals surface area (Å²) in [6.07, 6.45) is 2.35. The number of carbonyl (C=O) groups is 5. The van der Waals surface area contributed by atoms with Crippen molar-refractivity contribution >= 4 is 29.5 Å². The number of nitrogens with zero attached hydrogens (tertiary/aromatic N) is 3. The van der Waals surface area contributed by atoms with Crippen molar-refractivity contribution in [3.8, 4) is 5.75 Å². The molecule has 6 rings (SSSR count). The van der Waals surface area contributed by atoms with Crippen LogP contribution in [0.25, 0.3) is 0 Å². The second-order valence-electron chi connectivity index (χ2n) is 12.4. The number of rotatable bonds is 3. The average Bonchev–Trinajstić information content (AvgIpc) is 3.45. The molecule has 46 heavy (non-hydrogen) atoms. The first-order valence-electron chi connectivity index (χ1n) is 16.1. The molecule has 12 heteroatoms. The smallest absolute Gasteiger partial charge is 0.258 e. The molecule has 2 saturated heterocycles. The summed E-state index contributed by atoms with van der Waals surface area (Å²) in [6.45, 7) is 4.39. The molecule has 4 aliphatic rings. The quantitative estimate of drug-likeness (QED) is 0.448. The number of carbonyl (C=O) groups excluding carboxylic acids is 5. The topological polar surface area (TPSA) is 140 Å². The summed E-state index contributed by atoms with van der Waals surface area (Å²) in [5.41, 5.74) is 1.66. The Kier molecular flexibility index (Phi) is 10.9. The Labute approximate surface area is 269 Å². The highest BCUT2D eigenvalue weighted by Crippen LogP contribution is 2.21. The fourth-order valence-electron chi connectivity index (χ4n) is 6.25. The zero-order chi connectivity index (χ0) is 32.6. The van der Waals surface area contributed by atoms with Crippen LogP contribution in [0.2, 0.25) is 0 Å². The molecule has 0 saturated carbocycles. The molecule has 4 heterocycles. The Hall–Kier alpha value is -4.45. The van der Waals surface area contributed by atoms with Crippen LogP contribution in [-0.2, 0) is 36.8 Å². The van der Waals surface area contributed by atoms with Gasteiger partial charge in [0.15, 0.2) is 6.61 Å². The molecule has 2 aromatic carbocycles. The normalized spacial score (nSPS) is 25.6. The van der Waals surface area contributed by atoms with Crippen molar-refractivity contribution in [2.75, 3.05) is 46.4 Å². The zero-order valence-corrected chi connectivity index (χ0v) is 26.6. The van der Waals surface area contributed by atoms with E-state index in [4.69, 9.17) is 4.74 Å². The number of amides is 5. The molecule has 12 nitrogen and oxygen atoms in total. The molecule has 246 valence electrons. The van der Waals surface area contributed by atoms with Gasteiger partial charge in [-0.25, -0.2) is 0 Å². The first-order valence-corrected chi connectivity index (χ1v) is 16.1. The molecular weight excluding hydrogens is 588 g/mol. The van der Waals surface area contributed by atoms with Crippen LogP contribution in [0.4, 0.5) is 0 Å². The van der Waals surface area contributed by atoms with Crippen LogP contribution < -0.4 is 20.7 Å². The third-order valence-electron chi connectivity index (χ3n) is 8.89. The Morgan fingerprint density at radius 1 is 0.848 bits per heavy atom. The highest BCUT2D eigenvalue weighted by Gasteiger charge is 2.39. The largest absolute Gasteiger partial charge is 0.484 e. The number of hydrogen-bond donors (Lipinski definition) is 3. The third kappa shape index (κ3) is 8.42. The molecule has 2 fully saturated rings. The van der Waals surface area contributed by atoms with E-state index in [1.165, 1.54) is 4.90 Å². The van der Waals surface area contributed by atoms with Gasteiger partial charge in [-0.05, 0) is 63.0 Å². The maximum Gasteiger partial charge on any atom is 0.258 e. The molecule has 0 spiro atoms. The maximum atomic E-state index is 13.9. The van der Waals surface area contributed by atoms with E-state index >= 15 is 0 Å². The lowest BCUT2D eigenvalue weighted by molar-refractivity contribution is -0.142. The summed E-state index contributed by atoms with van der Waals surface area (Å²) in [5, 5.41) is 8.50. The summed E-state index contributed by atoms with van der Waals surface area (Å²) in [4.78, 5) is 73.1. The van der Waals surface area contributed by atoms with E-state index in [-0.39, 0.29) is 31.3 Å². The van der Waals surface area contributed by atoms with Gasteiger partial charge in [-0.1, -0.05) is 42.5 Å². The van der Waals surface area contributed by atoms with Gasteiger partial charge in [0, 0.05) is 39.0 Å². The summed E-state index contributed by atoms with van der Waals surface area (Å²) in [6, 6.07) is 12.9. The van der Waals surface area contributed by atoms with Crippen LogP contribution in [0.5, 0.6) is 5.75 Å². The minimum absolute atomic E-state index is 0.179. The number of benzene rings is 2. The van der Waals surface area contributed by atoms with Crippen molar-refractivity contribution in [3.05, 3.63) is 65.7 Å². The lowest BCUT2D eigenvalue weighted by Crippen LogP contribution is -2.58. The van der Waals surface area contributed by atoms with E-state index in [0.717, 1.165) is 30.6 Å². The minimum atomic E-state index is -0.951. The summed E-state index contributed by atoms with van der Waals surface area (Å²) >= 11 is 0. The van der Waals surface area contributed by atoms with E-state index in [9.17, 15) is 24.0 Å². The number of fused-ring (bicyclic) bond motifs is 13. The summed E-state index contributed by atoms with van der Waals surface area (Å²) < 4.78 is 5.75. The van der Waals surface area contributed by atoms with Crippen LogP contribution in [0.15, 0.2) is 54.6 Å². The van der Waals surface area contributed by atoms with Gasteiger partial charge < -0.3 is 35.4 Å². The molecule has 5 amide bonds. The molecule has 0 aromatic heterocycles. The molecule has 4 aliphatic heterocycles. The SMILES string of the molecule is C[C@@H]1NC(=O)[C@H]2CCCN2C(=O)[C@@H](Cc2ccccc2)NC(=O)COc2ccc(cc2)C[C@@H](C(=O)N2CCCN(C)CC2)NC1=O. The lowest BCUT2D eigenvalue weighted by atomic mass is 10.0. The van der Waals surface area contributed by atoms with Gasteiger partial charge in [0.1, 0.15) is 29.9 Å². The van der Waals surface area contributed by atoms with E-state index in [0.29, 0.717) is 38.2 Å². The summed E-state index contributed by atoms with van der Waals surface area (Å²) in [5.74, 6) is -1.50. The van der Waals surface area contributed by atoms with Gasteiger partial charge in [0.25, 0.3) is 5.91 Å². The minimum Gasteiger partial charge on any atom is -0.484 e. The zero-order valence-electron chi connectivity index (χ0n) is 26.6. The lowest BCUT2D eigenvalue weighted by Gasteiger charge is -2.30. The van der Waals surface area contributed by atoms with Gasteiger partial charge in [0.2, 0.25) is 23.6 Å². The number of likely N-dealkylation sites (N-methyl/N-ethyl adjacent to an activating group) is 1. The van der Waals surface area contributed by atoms with Crippen LogP contribution in [-0.4, -0.2) is 115 Å². The molecule has 3 N–H and O–H groups in total. The van der Waals surface area contributed by atoms with Gasteiger partial charge in [-0.15, -0.1) is 0 Å². The first-order chi connectivity index (χ1) is 22.2. The van der Waals surface area contributed by atoms with Crippen LogP contribution in [0.1, 0.15) is 37.3 Å². The second-order valence-corrected chi connectivity index (χ2v) is 12.4. The predicted molar refractivity (Wildman–Crippen MR) is 171 cm³/mol. The van der Waals surface area contributed by atoms with Crippen molar-refractivity contribution in [1.82, 2.24) is 30.7 Å². The summed E-state index contributed by atoms with van der Waals surface area (Å²) in [7, 11) is 2.02. The maximum absolute atomic E-state index is 13.9. The van der Waals surface area contributed by atoms with Crippen molar-refractivity contribution in [2.24, 2.45) is 0 Å². The number of nitrogens with one attached hydrogen (secondary N) is 3. The fraction of sp³-hybridized carbons (Fsp3) is 0.500. The molecule has 4 atom stereocenters. The van der Waals surface area contributed by atoms with Crippen LogP contribution in [0.3, 0.4) is 0 Å². The first kappa shape index (κ1) is 32.9. The monoisotopic (exact) mass is 632 g/mol. The van der Waals surface area contributed by atoms with Crippen molar-refractivity contribution in [1.29, 1.82) is 0 Å². The van der Waals surface area contributed by atoms with E-state index in [1.54, 1.807) is 36.1 Å². The van der Waals surface area contributed by atoms with E-state index in [2.05, 4.69) is 20.9 Å². The average molecular weight is 633 g/mol. The standard InChI is InChI=1S/C34H44N6O6/c1-23-31(42)37-27(33(44)39-16-7-15-38(2)18-19-39)21-25-11-13-26(14-12-25)46-22-30(41)36-28(20-24-8-4-3-5-9-24)34(45)40-17-6-10-29(40)32(43)35-23/h3-5,8-9,11-14,23,27-29H,6-7,10,15-22H2,1-2H3,(H,35,43)(H,36,41)(H,37,42)/t23-,27-,28+,29+/m0/s1. The molecule has 0 unspecified atom stereocenters. The van der Waals surface area contributed by atoms with Crippen LogP contribution >= 0.6 is 0 Å². The number of ether oxygens (including phenoxy) is 1. The van der Waals surface area contributed by atoms with Crippen molar-refractivity contribution < 1.29 is 28.7 Å². The van der Waals surface area contributed by atoms with Crippen molar-refractivity contribution in [3.63, 3.8) is 0 Å². The van der Waals surface area contributed by atoms with E-state index in [1.807, 2.05) is 37.4 Å². The van der Waals surface area contributed by atoms with Gasteiger partial charge in [0.05, 0.1) is 0 Å². The third-order valence-corrected chi connectivity index (χ3v) is 8.89. The molecular formula is C34H44N6O6. The Morgan fingerprint density at radius 2 is 1.61 bits per heavy atom. The number of hydrogen-bond acceptors (Lipinski definition) is 7. The van der Waals surface area contributed by atoms with Crippen molar-refractivity contribution in [2.45, 2.75) is 63.2 Å². The van der Waals surface area contributed by atoms with Gasteiger partial charge in [-0.3, -0.25) is 24.0 Å². The predicted octanol–water partition coefficient (Wildman–Crippen LogP) is 0.494. The Bertz CT molecular complexity index is 1400. The highest BCUT2D eigenvalue weighted by molar-refractivity contribution is 5.96.